The summed E-state index contributed by atoms with van der Waals surface area (Å²) in [7, 11) is 1.15. The van der Waals surface area contributed by atoms with E-state index in [4.69, 9.17) is 10.5 Å². The Bertz CT molecular complexity index is 389. The molecule has 0 aliphatic rings. The monoisotopic (exact) mass is 224 g/mol. The van der Waals surface area contributed by atoms with Crippen LogP contribution in [0.25, 0.3) is 0 Å². The van der Waals surface area contributed by atoms with E-state index in [0.29, 0.717) is 0 Å². The summed E-state index contributed by atoms with van der Waals surface area (Å²) in [4.78, 5) is 26.5. The summed E-state index contributed by atoms with van der Waals surface area (Å²) in [5.41, 5.74) is 3.68. The highest BCUT2D eigenvalue weighted by Crippen LogP contribution is 2.12. The number of carbonyl (C=O) groups is 2. The molecule has 6 nitrogen and oxygen atoms in total. The normalized spacial score (nSPS) is 13.7. The molecule has 1 rings (SSSR count). The predicted octanol–water partition coefficient (Wildman–Crippen LogP) is -0.123. The van der Waals surface area contributed by atoms with Gasteiger partial charge in [-0.2, -0.15) is 0 Å². The van der Waals surface area contributed by atoms with E-state index in [0.717, 1.165) is 7.11 Å². The fraction of sp³-hybridized carbons (Fsp3) is 0.300. The average Bonchev–Trinajstić information content (AvgIpc) is 2.29. The van der Waals surface area contributed by atoms with E-state index in [2.05, 4.69) is 9.72 Å². The molecule has 0 amide bonds. The van der Waals surface area contributed by atoms with Crippen LogP contribution in [-0.4, -0.2) is 29.6 Å². The molecule has 0 aromatic carbocycles. The van der Waals surface area contributed by atoms with Gasteiger partial charge in [-0.05, 0) is 19.1 Å². The van der Waals surface area contributed by atoms with Crippen LogP contribution in [0.3, 0.4) is 0 Å². The topological polar surface area (TPSA) is 91.5 Å². The lowest BCUT2D eigenvalue weighted by Gasteiger charge is -2.18. The highest BCUT2D eigenvalue weighted by Gasteiger charge is 2.40. The molecule has 0 aliphatic carbocycles. The van der Waals surface area contributed by atoms with Crippen molar-refractivity contribution in [1.82, 2.24) is 4.98 Å². The number of carbonyl (C=O) groups excluding carboxylic acids is 2. The maximum Gasteiger partial charge on any atom is 0.342 e. The van der Waals surface area contributed by atoms with Gasteiger partial charge in [0.15, 0.2) is 0 Å². The second-order valence-corrected chi connectivity index (χ2v) is 3.27. The molecule has 0 saturated heterocycles. The fourth-order valence-corrected chi connectivity index (χ4v) is 0.915. The second-order valence-electron chi connectivity index (χ2n) is 3.27. The van der Waals surface area contributed by atoms with Crippen LogP contribution in [0.15, 0.2) is 24.5 Å². The van der Waals surface area contributed by atoms with Crippen molar-refractivity contribution in [2.45, 2.75) is 12.5 Å². The van der Waals surface area contributed by atoms with Crippen molar-refractivity contribution in [3.63, 3.8) is 0 Å². The largest absolute Gasteiger partial charge is 0.467 e. The van der Waals surface area contributed by atoms with Crippen molar-refractivity contribution in [1.29, 1.82) is 0 Å². The summed E-state index contributed by atoms with van der Waals surface area (Å²) < 4.78 is 9.29. The fourth-order valence-electron chi connectivity index (χ4n) is 0.915. The first-order valence-electron chi connectivity index (χ1n) is 4.48. The highest BCUT2D eigenvalue weighted by atomic mass is 16.6. The minimum Gasteiger partial charge on any atom is -0.467 e. The van der Waals surface area contributed by atoms with Crippen molar-refractivity contribution in [3.05, 3.63) is 24.5 Å². The molecule has 0 spiro atoms. The molecule has 6 heteroatoms. The molecule has 86 valence electrons. The highest BCUT2D eigenvalue weighted by molar-refractivity contribution is 6.04. The number of aromatic nitrogens is 1. The lowest BCUT2D eigenvalue weighted by Crippen LogP contribution is -2.54. The quantitative estimate of drug-likeness (QED) is 0.568. The van der Waals surface area contributed by atoms with E-state index in [-0.39, 0.29) is 5.75 Å². The number of methoxy groups -OCH3 is 1. The third-order valence-corrected chi connectivity index (χ3v) is 1.89. The molecule has 16 heavy (non-hydrogen) atoms. The Labute approximate surface area is 92.4 Å². The number of hydrogen-bond acceptors (Lipinski definition) is 6. The van der Waals surface area contributed by atoms with Crippen LogP contribution in [0.1, 0.15) is 6.92 Å². The smallest absolute Gasteiger partial charge is 0.342 e. The van der Waals surface area contributed by atoms with Gasteiger partial charge in [0, 0.05) is 12.4 Å². The van der Waals surface area contributed by atoms with E-state index in [1.54, 1.807) is 0 Å². The number of hydrogen-bond donors (Lipinski definition) is 1. The molecule has 0 bridgehead atoms. The third-order valence-electron chi connectivity index (χ3n) is 1.89. The Morgan fingerprint density at radius 2 is 1.88 bits per heavy atom. The predicted molar refractivity (Wildman–Crippen MR) is 54.5 cm³/mol. The van der Waals surface area contributed by atoms with Gasteiger partial charge < -0.3 is 15.2 Å². The van der Waals surface area contributed by atoms with Crippen molar-refractivity contribution in [2.24, 2.45) is 5.73 Å². The van der Waals surface area contributed by atoms with Crippen LogP contribution in [0, 0.1) is 0 Å². The number of ether oxygens (including phenoxy) is 2. The van der Waals surface area contributed by atoms with E-state index < -0.39 is 17.5 Å². The number of nitrogens with two attached hydrogens (primary N) is 1. The van der Waals surface area contributed by atoms with E-state index in [1.165, 1.54) is 31.5 Å². The molecular weight excluding hydrogens is 212 g/mol. The Morgan fingerprint density at radius 1 is 1.31 bits per heavy atom. The first-order chi connectivity index (χ1) is 7.48. The Hall–Kier alpha value is -1.95. The molecule has 1 unspecified atom stereocenters. The number of pyridine rings is 1. The lowest BCUT2D eigenvalue weighted by molar-refractivity contribution is -0.156. The van der Waals surface area contributed by atoms with Crippen LogP contribution >= 0.6 is 0 Å². The summed E-state index contributed by atoms with van der Waals surface area (Å²) in [6.45, 7) is 1.22. The van der Waals surface area contributed by atoms with Crippen LogP contribution in [0.2, 0.25) is 0 Å². The average molecular weight is 224 g/mol. The molecule has 0 radical (unpaired) electrons. The Kier molecular flexibility index (Phi) is 3.57. The van der Waals surface area contributed by atoms with Gasteiger partial charge in [-0.3, -0.25) is 4.98 Å². The van der Waals surface area contributed by atoms with Gasteiger partial charge in [-0.1, -0.05) is 0 Å². The second kappa shape index (κ2) is 4.71. The van der Waals surface area contributed by atoms with Crippen LogP contribution < -0.4 is 10.5 Å². The van der Waals surface area contributed by atoms with Crippen molar-refractivity contribution in [3.8, 4) is 5.75 Å². The van der Waals surface area contributed by atoms with Crippen molar-refractivity contribution in [2.75, 3.05) is 7.11 Å². The third kappa shape index (κ3) is 2.54. The van der Waals surface area contributed by atoms with Gasteiger partial charge in [0.05, 0.1) is 7.11 Å². The molecule has 0 aliphatic heterocycles. The van der Waals surface area contributed by atoms with Gasteiger partial charge in [-0.25, -0.2) is 9.59 Å². The summed E-state index contributed by atoms with van der Waals surface area (Å²) in [5.74, 6) is -1.47. The first-order valence-corrected chi connectivity index (χ1v) is 4.48. The SMILES string of the molecule is COC(=O)C(C)(N)C(=O)Oc1ccncc1. The molecule has 1 aromatic rings. The first kappa shape index (κ1) is 12.1. The number of nitrogens with zero attached hydrogens (tertiary/aromatic N) is 1. The van der Waals surface area contributed by atoms with Gasteiger partial charge in [0.25, 0.3) is 0 Å². The standard InChI is InChI=1S/C10H12N2O4/c1-10(11,8(13)15-2)9(14)16-7-3-5-12-6-4-7/h3-6H,11H2,1-2H3. The molecule has 2 N–H and O–H groups in total. The molecule has 1 heterocycles. The Morgan fingerprint density at radius 3 is 2.38 bits per heavy atom. The van der Waals surface area contributed by atoms with E-state index in [9.17, 15) is 9.59 Å². The van der Waals surface area contributed by atoms with Gasteiger partial charge in [0.2, 0.25) is 5.54 Å². The van der Waals surface area contributed by atoms with Crippen molar-refractivity contribution >= 4 is 11.9 Å². The summed E-state index contributed by atoms with van der Waals surface area (Å²) in [5, 5.41) is 0. The van der Waals surface area contributed by atoms with Gasteiger partial charge in [-0.15, -0.1) is 0 Å². The molecule has 0 saturated carbocycles. The van der Waals surface area contributed by atoms with E-state index >= 15 is 0 Å². The zero-order valence-corrected chi connectivity index (χ0v) is 8.97. The molecule has 0 fully saturated rings. The number of esters is 2. The molecule has 1 aromatic heterocycles. The summed E-state index contributed by atoms with van der Waals surface area (Å²) in [6, 6.07) is 2.95. The van der Waals surface area contributed by atoms with Crippen LogP contribution in [0.5, 0.6) is 5.75 Å². The van der Waals surface area contributed by atoms with Crippen LogP contribution in [-0.2, 0) is 14.3 Å². The van der Waals surface area contributed by atoms with Crippen molar-refractivity contribution < 1.29 is 19.1 Å². The number of rotatable bonds is 3. The lowest BCUT2D eigenvalue weighted by atomic mass is 10.1. The zero-order chi connectivity index (χ0) is 12.2. The van der Waals surface area contributed by atoms with Crippen LogP contribution in [0.4, 0.5) is 0 Å². The van der Waals surface area contributed by atoms with E-state index in [1.807, 2.05) is 0 Å². The minimum atomic E-state index is -1.82. The summed E-state index contributed by atoms with van der Waals surface area (Å²) >= 11 is 0. The maximum atomic E-state index is 11.6. The Balaban J connectivity index is 2.76. The summed E-state index contributed by atoms with van der Waals surface area (Å²) in [6.07, 6.45) is 2.91. The molecular formula is C10H12N2O4. The maximum absolute atomic E-state index is 11.6. The van der Waals surface area contributed by atoms with Gasteiger partial charge in [0.1, 0.15) is 5.75 Å². The van der Waals surface area contributed by atoms with Gasteiger partial charge >= 0.3 is 11.9 Å². The molecule has 1 atom stereocenters. The zero-order valence-electron chi connectivity index (χ0n) is 8.97. The minimum absolute atomic E-state index is 0.264.